The Labute approximate surface area is 173 Å². The fraction of sp³-hybridized carbons (Fsp3) is 0.895. The van der Waals surface area contributed by atoms with Crippen LogP contribution in [-0.2, 0) is 19.1 Å². The van der Waals surface area contributed by atoms with Crippen molar-refractivity contribution in [3.8, 4) is 0 Å². The van der Waals surface area contributed by atoms with Crippen LogP contribution < -0.4 is 16.4 Å². The molecule has 0 aromatic heterocycles. The van der Waals surface area contributed by atoms with E-state index in [1.165, 1.54) is 0 Å². The summed E-state index contributed by atoms with van der Waals surface area (Å²) in [6.45, 7) is 5.38. The van der Waals surface area contributed by atoms with Gasteiger partial charge in [-0.25, -0.2) is 0 Å². The van der Waals surface area contributed by atoms with Crippen LogP contribution >= 0.6 is 0 Å². The van der Waals surface area contributed by atoms with E-state index >= 15 is 0 Å². The summed E-state index contributed by atoms with van der Waals surface area (Å²) in [5.41, 5.74) is 5.06. The summed E-state index contributed by atoms with van der Waals surface area (Å²) in [5.74, 6) is -0.650. The minimum absolute atomic E-state index is 0.0125. The van der Waals surface area contributed by atoms with Crippen molar-refractivity contribution >= 4 is 19.1 Å². The number of unbranched alkanes of at least 4 members (excludes halogenated alkanes) is 1. The molecular formula is C19H36BN3O6. The number of fused-ring (bicyclic) bond motifs is 1. The van der Waals surface area contributed by atoms with Crippen LogP contribution in [0.25, 0.3) is 0 Å². The van der Waals surface area contributed by atoms with Gasteiger partial charge in [0.2, 0.25) is 0 Å². The highest BCUT2D eigenvalue weighted by molar-refractivity contribution is 6.40. The smallest absolute Gasteiger partial charge is 0.451 e. The molecule has 2 saturated heterocycles. The molecule has 2 fully saturated rings. The Morgan fingerprint density at radius 1 is 1.28 bits per heavy atom. The predicted molar refractivity (Wildman–Crippen MR) is 109 cm³/mol. The Hall–Kier alpha value is -1.20. The Balaban J connectivity index is 1.85. The highest BCUT2D eigenvalue weighted by atomic mass is 16.6. The Morgan fingerprint density at radius 3 is 2.69 bits per heavy atom. The Morgan fingerprint density at radius 2 is 2.00 bits per heavy atom. The summed E-state index contributed by atoms with van der Waals surface area (Å²) in [7, 11) is -1.33. The molecule has 0 bridgehead atoms. The monoisotopic (exact) mass is 413 g/mol. The van der Waals surface area contributed by atoms with E-state index in [0.29, 0.717) is 25.8 Å². The molecule has 29 heavy (non-hydrogen) atoms. The summed E-state index contributed by atoms with van der Waals surface area (Å²) in [6, 6.07) is -0.442. The average molecular weight is 413 g/mol. The molecule has 2 rings (SSSR count). The first-order valence-electron chi connectivity index (χ1n) is 10.8. The number of ether oxygens (including phenoxy) is 2. The minimum Gasteiger partial charge on any atom is -0.461 e. The van der Waals surface area contributed by atoms with Crippen molar-refractivity contribution in [1.82, 2.24) is 10.6 Å². The highest BCUT2D eigenvalue weighted by Gasteiger charge is 2.55. The molecule has 166 valence electrons. The normalized spacial score (nSPS) is 27.9. The number of nitrogens with two attached hydrogens (primary N) is 1. The summed E-state index contributed by atoms with van der Waals surface area (Å²) >= 11 is 0. The number of hydrogen-bond donors (Lipinski definition) is 5. The third-order valence-corrected chi connectivity index (χ3v) is 6.36. The van der Waals surface area contributed by atoms with Crippen LogP contribution in [0.3, 0.4) is 0 Å². The molecule has 0 aliphatic carbocycles. The lowest BCUT2D eigenvalue weighted by molar-refractivity contribution is -0.159. The summed E-state index contributed by atoms with van der Waals surface area (Å²) in [6.07, 6.45) is 3.81. The second kappa shape index (κ2) is 11.3. The third-order valence-electron chi connectivity index (χ3n) is 6.36. The van der Waals surface area contributed by atoms with Gasteiger partial charge in [0.1, 0.15) is 24.8 Å². The van der Waals surface area contributed by atoms with Crippen molar-refractivity contribution in [2.24, 2.45) is 17.6 Å². The molecular weight excluding hydrogens is 377 g/mol. The zero-order valence-corrected chi connectivity index (χ0v) is 17.6. The zero-order chi connectivity index (χ0) is 21.4. The van der Waals surface area contributed by atoms with Gasteiger partial charge >= 0.3 is 19.1 Å². The fourth-order valence-corrected chi connectivity index (χ4v) is 4.31. The first-order chi connectivity index (χ1) is 13.8. The molecule has 5 atom stereocenters. The largest absolute Gasteiger partial charge is 0.461 e. The molecule has 2 aliphatic heterocycles. The van der Waals surface area contributed by atoms with Gasteiger partial charge in [-0.2, -0.15) is 0 Å². The molecule has 0 aromatic rings. The predicted octanol–water partition coefficient (Wildman–Crippen LogP) is -0.591. The van der Waals surface area contributed by atoms with Crippen LogP contribution in [0.2, 0.25) is 6.32 Å². The van der Waals surface area contributed by atoms with E-state index in [1.807, 2.05) is 13.8 Å². The second-order valence-corrected chi connectivity index (χ2v) is 8.25. The molecule has 0 amide bonds. The molecule has 0 spiro atoms. The van der Waals surface area contributed by atoms with E-state index in [1.54, 1.807) is 0 Å². The first kappa shape index (κ1) is 24.1. The van der Waals surface area contributed by atoms with E-state index in [2.05, 4.69) is 10.6 Å². The van der Waals surface area contributed by atoms with E-state index in [0.717, 1.165) is 19.4 Å². The van der Waals surface area contributed by atoms with Crippen LogP contribution in [0.1, 0.15) is 46.0 Å². The van der Waals surface area contributed by atoms with Gasteiger partial charge in [-0.15, -0.1) is 0 Å². The average Bonchev–Trinajstić information content (AvgIpc) is 3.30. The number of rotatable bonds is 12. The van der Waals surface area contributed by atoms with E-state index in [-0.39, 0.29) is 43.4 Å². The van der Waals surface area contributed by atoms with Gasteiger partial charge in [-0.1, -0.05) is 33.1 Å². The molecule has 2 heterocycles. The lowest BCUT2D eigenvalue weighted by Crippen LogP contribution is -2.53. The maximum Gasteiger partial charge on any atom is 0.451 e. The number of carbonyl (C=O) groups is 2. The molecule has 10 heteroatoms. The second-order valence-electron chi connectivity index (χ2n) is 8.25. The molecule has 6 N–H and O–H groups in total. The SMILES string of the molecule is CC[C@H](C)[C@H](N)C(=O)OCCOC(=O)[C@]1(CCCCB(O)O)NC[C@@H]2NCC[C@@H]21. The van der Waals surface area contributed by atoms with Crippen molar-refractivity contribution in [2.45, 2.75) is 69.9 Å². The third kappa shape index (κ3) is 6.15. The number of esters is 2. The van der Waals surface area contributed by atoms with Crippen molar-refractivity contribution in [1.29, 1.82) is 0 Å². The van der Waals surface area contributed by atoms with Gasteiger partial charge in [0, 0.05) is 18.5 Å². The van der Waals surface area contributed by atoms with E-state index < -0.39 is 24.7 Å². The Bertz CT molecular complexity index is 552. The lowest BCUT2D eigenvalue weighted by atomic mass is 9.77. The highest BCUT2D eigenvalue weighted by Crippen LogP contribution is 2.38. The van der Waals surface area contributed by atoms with Gasteiger partial charge < -0.3 is 35.9 Å². The van der Waals surface area contributed by atoms with Crippen molar-refractivity contribution in [3.63, 3.8) is 0 Å². The lowest BCUT2D eigenvalue weighted by Gasteiger charge is -2.32. The fourth-order valence-electron chi connectivity index (χ4n) is 4.31. The van der Waals surface area contributed by atoms with E-state index in [4.69, 9.17) is 25.3 Å². The van der Waals surface area contributed by atoms with Crippen molar-refractivity contribution in [2.75, 3.05) is 26.3 Å². The molecule has 0 saturated carbocycles. The maximum atomic E-state index is 13.0. The van der Waals surface area contributed by atoms with Crippen LogP contribution in [0.5, 0.6) is 0 Å². The van der Waals surface area contributed by atoms with Gasteiger partial charge in [-0.05, 0) is 31.6 Å². The van der Waals surface area contributed by atoms with Gasteiger partial charge in [0.05, 0.1) is 0 Å². The first-order valence-corrected chi connectivity index (χ1v) is 10.8. The van der Waals surface area contributed by atoms with Crippen molar-refractivity contribution < 1.29 is 29.1 Å². The van der Waals surface area contributed by atoms with Gasteiger partial charge in [-0.3, -0.25) is 9.59 Å². The number of carbonyl (C=O) groups excluding carboxylic acids is 2. The number of nitrogens with one attached hydrogen (secondary N) is 2. The summed E-state index contributed by atoms with van der Waals surface area (Å²) in [5, 5.41) is 24.8. The minimum atomic E-state index is -1.33. The van der Waals surface area contributed by atoms with Crippen LogP contribution in [0.15, 0.2) is 0 Å². The molecule has 0 aromatic carbocycles. The molecule has 9 nitrogen and oxygen atoms in total. The summed E-state index contributed by atoms with van der Waals surface area (Å²) in [4.78, 5) is 24.9. The summed E-state index contributed by atoms with van der Waals surface area (Å²) < 4.78 is 10.6. The van der Waals surface area contributed by atoms with E-state index in [9.17, 15) is 9.59 Å². The molecule has 0 radical (unpaired) electrons. The zero-order valence-electron chi connectivity index (χ0n) is 17.6. The Kier molecular flexibility index (Phi) is 9.35. The topological polar surface area (TPSA) is 143 Å². The van der Waals surface area contributed by atoms with Crippen LogP contribution in [-0.4, -0.2) is 73.0 Å². The standard InChI is InChI=1S/C19H36BN3O6/c1-3-13(2)16(21)17(24)28-10-11-29-18(25)19(7-4-5-8-20(26)27)14-6-9-22-15(14)12-23-19/h13-16,22-23,26-27H,3-12,21H2,1-2H3/t13-,14-,15-,16-,19+/m0/s1. The van der Waals surface area contributed by atoms with Crippen LogP contribution in [0, 0.1) is 11.8 Å². The molecule has 0 unspecified atom stereocenters. The molecule has 2 aliphatic rings. The van der Waals surface area contributed by atoms with Gasteiger partial charge in [0.25, 0.3) is 0 Å². The quantitative estimate of drug-likeness (QED) is 0.161. The van der Waals surface area contributed by atoms with Gasteiger partial charge in [0.15, 0.2) is 0 Å². The number of hydrogen-bond acceptors (Lipinski definition) is 9. The van der Waals surface area contributed by atoms with Crippen molar-refractivity contribution in [3.05, 3.63) is 0 Å². The maximum absolute atomic E-state index is 13.0. The van der Waals surface area contributed by atoms with Crippen LogP contribution in [0.4, 0.5) is 0 Å².